The molecule has 0 spiro atoms. The van der Waals surface area contributed by atoms with E-state index in [2.05, 4.69) is 18.7 Å². The van der Waals surface area contributed by atoms with Crippen LogP contribution in [0.5, 0.6) is 0 Å². The van der Waals surface area contributed by atoms with E-state index in [9.17, 15) is 29.7 Å². The molecule has 0 radical (unpaired) electrons. The largest absolute Gasteiger partial charge is 0.871 e. The van der Waals surface area contributed by atoms with Gasteiger partial charge in [0.15, 0.2) is 18.0 Å². The molecule has 41 heavy (non-hydrogen) atoms. The maximum absolute atomic E-state index is 13.3. The molecule has 0 fully saturated rings. The summed E-state index contributed by atoms with van der Waals surface area (Å²) in [6.07, 6.45) is 5.78. The van der Waals surface area contributed by atoms with Gasteiger partial charge < -0.3 is 20.2 Å². The predicted molar refractivity (Wildman–Crippen MR) is 157 cm³/mol. The van der Waals surface area contributed by atoms with Crippen molar-refractivity contribution in [1.29, 1.82) is 0 Å². The molecule has 1 heterocycles. The number of allylic oxidation sites excluding steroid dienone is 3. The van der Waals surface area contributed by atoms with Crippen LogP contribution in [0.15, 0.2) is 59.9 Å². The topological polar surface area (TPSA) is 121 Å². The summed E-state index contributed by atoms with van der Waals surface area (Å²) in [4.78, 5) is 38.7. The van der Waals surface area contributed by atoms with Crippen molar-refractivity contribution < 1.29 is 34.3 Å². The van der Waals surface area contributed by atoms with Crippen LogP contribution in [-0.2, 0) is 15.0 Å². The number of carboxylic acid groups (broad SMARTS) is 2. The number of Topliss-reactive ketones (excluding diaryl/α,β-unsaturated/α-hetero) is 1. The van der Waals surface area contributed by atoms with E-state index < -0.39 is 17.4 Å². The number of aromatic carboxylic acids is 1. The third-order valence-corrected chi connectivity index (χ3v) is 8.00. The van der Waals surface area contributed by atoms with Gasteiger partial charge >= 0.3 is 11.9 Å². The van der Waals surface area contributed by atoms with Crippen molar-refractivity contribution >= 4 is 40.4 Å². The number of carboxylic acids is 2. The number of anilines is 1. The fourth-order valence-corrected chi connectivity index (χ4v) is 5.57. The average Bonchev–Trinajstić information content (AvgIpc) is 3.16. The normalized spacial score (nSPS) is 16.7. The van der Waals surface area contributed by atoms with Crippen LogP contribution in [0, 0.1) is 0 Å². The summed E-state index contributed by atoms with van der Waals surface area (Å²) in [7, 11) is 0. The number of unbranched alkanes of at least 4 members (excludes halogenated alkanes) is 2. The summed E-state index contributed by atoms with van der Waals surface area (Å²) in [6.45, 7) is 10.1. The second-order valence-electron chi connectivity index (χ2n) is 11.2. The van der Waals surface area contributed by atoms with E-state index in [1.54, 1.807) is 22.8 Å². The molecule has 2 aromatic rings. The van der Waals surface area contributed by atoms with Gasteiger partial charge in [0.25, 0.3) is 0 Å². The van der Waals surface area contributed by atoms with E-state index in [-0.39, 0.29) is 41.2 Å². The Labute approximate surface area is 240 Å². The van der Waals surface area contributed by atoms with Crippen molar-refractivity contribution in [3.05, 3.63) is 76.6 Å². The van der Waals surface area contributed by atoms with Gasteiger partial charge in [-0.25, -0.2) is 4.79 Å². The van der Waals surface area contributed by atoms with Crippen LogP contribution in [0.3, 0.4) is 0 Å². The van der Waals surface area contributed by atoms with Crippen molar-refractivity contribution in [2.24, 2.45) is 0 Å². The monoisotopic (exact) mass is 558 g/mol. The fraction of sp³-hybridized carbons (Fsp3) is 0.394. The Morgan fingerprint density at radius 2 is 1.63 bits per heavy atom. The van der Waals surface area contributed by atoms with Crippen LogP contribution >= 0.6 is 0 Å². The summed E-state index contributed by atoms with van der Waals surface area (Å²) in [5, 5.41) is 32.2. The molecule has 0 bridgehead atoms. The van der Waals surface area contributed by atoms with Crippen LogP contribution < -0.4 is 10.0 Å². The highest BCUT2D eigenvalue weighted by Crippen LogP contribution is 2.43. The number of aliphatic carboxylic acids is 1. The lowest BCUT2D eigenvalue weighted by Gasteiger charge is -2.31. The smallest absolute Gasteiger partial charge is 0.335 e. The predicted octanol–water partition coefficient (Wildman–Crippen LogP) is 4.92. The highest BCUT2D eigenvalue weighted by atomic mass is 16.4. The van der Waals surface area contributed by atoms with E-state index >= 15 is 0 Å². The van der Waals surface area contributed by atoms with E-state index in [4.69, 9.17) is 0 Å². The molecule has 0 amide bonds. The summed E-state index contributed by atoms with van der Waals surface area (Å²) >= 11 is 0. The lowest BCUT2D eigenvalue weighted by atomic mass is 9.77. The minimum Gasteiger partial charge on any atom is -0.871 e. The van der Waals surface area contributed by atoms with E-state index in [0.717, 1.165) is 44.5 Å². The van der Waals surface area contributed by atoms with Crippen molar-refractivity contribution in [3.8, 4) is 0 Å². The molecule has 0 saturated heterocycles. The van der Waals surface area contributed by atoms with Gasteiger partial charge in [0.1, 0.15) is 6.42 Å². The molecule has 8 heteroatoms. The summed E-state index contributed by atoms with van der Waals surface area (Å²) < 4.78 is 1.77. The number of nitrogens with zero attached hydrogens (tertiary/aromatic N) is 2. The number of fused-ring (bicyclic) bond motifs is 1. The molecular weight excluding hydrogens is 520 g/mol. The lowest BCUT2D eigenvalue weighted by Crippen LogP contribution is -2.34. The van der Waals surface area contributed by atoms with Gasteiger partial charge in [0.2, 0.25) is 5.69 Å². The maximum Gasteiger partial charge on any atom is 0.335 e. The van der Waals surface area contributed by atoms with E-state index in [1.165, 1.54) is 6.07 Å². The van der Waals surface area contributed by atoms with Gasteiger partial charge in [-0.2, -0.15) is 4.58 Å². The van der Waals surface area contributed by atoms with Gasteiger partial charge in [-0.1, -0.05) is 44.6 Å². The number of hydrogen-bond acceptors (Lipinski definition) is 5. The Morgan fingerprint density at radius 3 is 2.17 bits per heavy atom. The lowest BCUT2D eigenvalue weighted by molar-refractivity contribution is -0.436. The molecule has 1 aliphatic carbocycles. The minimum absolute atomic E-state index is 0.0475. The first-order valence-corrected chi connectivity index (χ1v) is 14.3. The van der Waals surface area contributed by atoms with Crippen LogP contribution in [0.4, 0.5) is 11.4 Å². The Kier molecular flexibility index (Phi) is 8.80. The third kappa shape index (κ3) is 5.82. The van der Waals surface area contributed by atoms with Crippen LogP contribution in [0.25, 0.3) is 5.57 Å². The Morgan fingerprint density at radius 1 is 1.00 bits per heavy atom. The molecule has 2 aromatic carbocycles. The summed E-state index contributed by atoms with van der Waals surface area (Å²) in [5.74, 6) is -2.75. The minimum atomic E-state index is -1.07. The molecule has 2 aliphatic rings. The second-order valence-corrected chi connectivity index (χ2v) is 11.2. The number of carbonyl (C=O) groups excluding carboxylic acids is 1. The van der Waals surface area contributed by atoms with Crippen LogP contribution in [0.2, 0.25) is 0 Å². The molecule has 8 nitrogen and oxygen atoms in total. The first-order chi connectivity index (χ1) is 19.5. The van der Waals surface area contributed by atoms with E-state index in [0.29, 0.717) is 22.5 Å². The standard InChI is InChI=1S/C33H38N2O6/c1-5-7-16-34(17-8-6-2)23-12-9-21(10-13-23)29-30(38)24(31(29)39)20-27-33(3,4)25-19-22(32(40)41)11-14-26(25)35(27)18-15-28(36)37/h9-14,19-20H,5-8,15-18H2,1-4H3,(H2-,36,37,38,39,40,41). The zero-order valence-corrected chi connectivity index (χ0v) is 24.2. The third-order valence-electron chi connectivity index (χ3n) is 8.00. The molecule has 0 saturated carbocycles. The van der Waals surface area contributed by atoms with Gasteiger partial charge in [-0.15, -0.1) is 0 Å². The number of hydrogen-bond donors (Lipinski definition) is 2. The Balaban J connectivity index is 1.69. The molecule has 0 unspecified atom stereocenters. The number of benzene rings is 2. The highest BCUT2D eigenvalue weighted by molar-refractivity contribution is 6.40. The quantitative estimate of drug-likeness (QED) is 0.264. The molecule has 0 atom stereocenters. The van der Waals surface area contributed by atoms with Gasteiger partial charge in [0.05, 0.1) is 11.0 Å². The molecule has 216 valence electrons. The van der Waals surface area contributed by atoms with Crippen molar-refractivity contribution in [1.82, 2.24) is 0 Å². The highest BCUT2D eigenvalue weighted by Gasteiger charge is 2.46. The van der Waals surface area contributed by atoms with Crippen LogP contribution in [0.1, 0.15) is 81.3 Å². The number of carbonyl (C=O) groups is 3. The molecular formula is C33H38N2O6. The van der Waals surface area contributed by atoms with E-state index in [1.807, 2.05) is 38.1 Å². The fourth-order valence-electron chi connectivity index (χ4n) is 5.57. The van der Waals surface area contributed by atoms with Crippen molar-refractivity contribution in [2.45, 2.75) is 65.2 Å². The van der Waals surface area contributed by atoms with Gasteiger partial charge in [-0.05, 0) is 56.5 Å². The van der Waals surface area contributed by atoms with Crippen molar-refractivity contribution in [3.63, 3.8) is 0 Å². The first-order valence-electron chi connectivity index (χ1n) is 14.3. The Bertz CT molecular complexity index is 1460. The number of ketones is 1. The molecule has 2 N–H and O–H groups in total. The van der Waals surface area contributed by atoms with Gasteiger partial charge in [0, 0.05) is 47.6 Å². The van der Waals surface area contributed by atoms with Crippen LogP contribution in [-0.4, -0.2) is 57.9 Å². The summed E-state index contributed by atoms with van der Waals surface area (Å²) in [5.41, 5.74) is 3.16. The summed E-state index contributed by atoms with van der Waals surface area (Å²) in [6, 6.07) is 12.3. The average molecular weight is 559 g/mol. The Hall–Kier alpha value is -4.20. The van der Waals surface area contributed by atoms with Crippen molar-refractivity contribution in [2.75, 3.05) is 24.5 Å². The SMILES string of the molecule is CCCCN(CCCC)c1ccc(C2=C([O-])C(=CC3=[N+](CCC(=O)O)c4ccc(C(=O)O)cc4C3(C)C)C2=O)cc1. The molecule has 4 rings (SSSR count). The molecule has 0 aromatic heterocycles. The molecule has 1 aliphatic heterocycles. The zero-order chi connectivity index (χ0) is 29.9. The first kappa shape index (κ1) is 29.8. The zero-order valence-electron chi connectivity index (χ0n) is 24.2. The number of rotatable bonds is 13. The maximum atomic E-state index is 13.3. The second kappa shape index (κ2) is 12.1. The van der Waals surface area contributed by atoms with Gasteiger partial charge in [-0.3, -0.25) is 9.59 Å².